The molecule has 2 aromatic rings. The van der Waals surface area contributed by atoms with Crippen LogP contribution < -0.4 is 4.74 Å². The summed E-state index contributed by atoms with van der Waals surface area (Å²) in [5.74, 6) is 1.95. The van der Waals surface area contributed by atoms with Gasteiger partial charge in [0.25, 0.3) is 0 Å². The molecule has 0 radical (unpaired) electrons. The smallest absolute Gasteiger partial charge is 0.119 e. The summed E-state index contributed by atoms with van der Waals surface area (Å²) in [5.41, 5.74) is 2.65. The second-order valence-corrected chi connectivity index (χ2v) is 6.99. The van der Waals surface area contributed by atoms with Gasteiger partial charge in [-0.1, -0.05) is 42.5 Å². The molecule has 0 amide bonds. The van der Waals surface area contributed by atoms with Gasteiger partial charge in [0.2, 0.25) is 0 Å². The standard InChI is InChI=1S/C21H25NO/c1-2-4-19(5-3-1)16-23-21-8-6-17(7-9-21)14-20-15-18-10-12-22(20)13-11-18/h1-9,18,20H,10-16H2/t20-/m0/s1. The second kappa shape index (κ2) is 6.76. The zero-order valence-electron chi connectivity index (χ0n) is 13.7. The van der Waals surface area contributed by atoms with E-state index in [4.69, 9.17) is 4.74 Å². The van der Waals surface area contributed by atoms with Gasteiger partial charge in [0.15, 0.2) is 0 Å². The van der Waals surface area contributed by atoms with Gasteiger partial charge >= 0.3 is 0 Å². The Kier molecular flexibility index (Phi) is 4.34. The lowest BCUT2D eigenvalue weighted by molar-refractivity contribution is 0.0498. The molecule has 0 aliphatic carbocycles. The molecule has 0 N–H and O–H groups in total. The van der Waals surface area contributed by atoms with Gasteiger partial charge in [-0.05, 0) is 68.0 Å². The molecule has 2 bridgehead atoms. The number of rotatable bonds is 5. The average Bonchev–Trinajstić information content (AvgIpc) is 2.63. The van der Waals surface area contributed by atoms with E-state index < -0.39 is 0 Å². The van der Waals surface area contributed by atoms with Gasteiger partial charge in [0.1, 0.15) is 12.4 Å². The Hall–Kier alpha value is -1.80. The predicted octanol–water partition coefficient (Wildman–Crippen LogP) is 4.29. The fourth-order valence-corrected chi connectivity index (χ4v) is 4.03. The summed E-state index contributed by atoms with van der Waals surface area (Å²) in [5, 5.41) is 0. The molecule has 23 heavy (non-hydrogen) atoms. The van der Waals surface area contributed by atoms with E-state index in [2.05, 4.69) is 53.4 Å². The molecule has 2 aromatic carbocycles. The Bertz CT molecular complexity index is 614. The molecule has 3 saturated heterocycles. The van der Waals surface area contributed by atoms with Crippen molar-refractivity contribution in [2.75, 3.05) is 13.1 Å². The third kappa shape index (κ3) is 3.59. The number of nitrogens with zero attached hydrogens (tertiary/aromatic N) is 1. The van der Waals surface area contributed by atoms with E-state index >= 15 is 0 Å². The summed E-state index contributed by atoms with van der Waals surface area (Å²) in [4.78, 5) is 2.69. The van der Waals surface area contributed by atoms with Crippen molar-refractivity contribution in [1.29, 1.82) is 0 Å². The minimum absolute atomic E-state index is 0.637. The van der Waals surface area contributed by atoms with Crippen LogP contribution in [0.25, 0.3) is 0 Å². The number of ether oxygens (including phenoxy) is 1. The molecule has 0 aromatic heterocycles. The number of benzene rings is 2. The van der Waals surface area contributed by atoms with Crippen molar-refractivity contribution in [3.05, 3.63) is 65.7 Å². The minimum Gasteiger partial charge on any atom is -0.489 e. The Balaban J connectivity index is 1.33. The Labute approximate surface area is 139 Å². The number of fused-ring (bicyclic) bond motifs is 3. The molecule has 2 heteroatoms. The van der Waals surface area contributed by atoms with Gasteiger partial charge in [-0.15, -0.1) is 0 Å². The van der Waals surface area contributed by atoms with Gasteiger partial charge in [0, 0.05) is 6.04 Å². The molecule has 3 aliphatic heterocycles. The van der Waals surface area contributed by atoms with E-state index in [9.17, 15) is 0 Å². The van der Waals surface area contributed by atoms with E-state index in [1.165, 1.54) is 49.9 Å². The maximum Gasteiger partial charge on any atom is 0.119 e. The first kappa shape index (κ1) is 14.8. The highest BCUT2D eigenvalue weighted by molar-refractivity contribution is 5.28. The summed E-state index contributed by atoms with van der Waals surface area (Å²) in [7, 11) is 0. The van der Waals surface area contributed by atoms with Crippen LogP contribution in [0.5, 0.6) is 5.75 Å². The Morgan fingerprint density at radius 1 is 0.870 bits per heavy atom. The molecule has 0 unspecified atom stereocenters. The monoisotopic (exact) mass is 307 g/mol. The third-order valence-electron chi connectivity index (χ3n) is 5.41. The van der Waals surface area contributed by atoms with Crippen LogP contribution in [-0.4, -0.2) is 24.0 Å². The van der Waals surface area contributed by atoms with Crippen LogP contribution in [0.2, 0.25) is 0 Å². The van der Waals surface area contributed by atoms with Crippen LogP contribution in [0.4, 0.5) is 0 Å². The van der Waals surface area contributed by atoms with Crippen molar-refractivity contribution in [1.82, 2.24) is 4.90 Å². The average molecular weight is 307 g/mol. The first-order valence-electron chi connectivity index (χ1n) is 8.86. The van der Waals surface area contributed by atoms with Gasteiger partial charge in [-0.25, -0.2) is 0 Å². The third-order valence-corrected chi connectivity index (χ3v) is 5.41. The Morgan fingerprint density at radius 3 is 2.26 bits per heavy atom. The SMILES string of the molecule is c1ccc(COc2ccc(C[C@H]3CC4CCN3CC4)cc2)cc1. The van der Waals surface area contributed by atoms with Gasteiger partial charge in [-0.3, -0.25) is 0 Å². The van der Waals surface area contributed by atoms with Crippen molar-refractivity contribution >= 4 is 0 Å². The summed E-state index contributed by atoms with van der Waals surface area (Å²) < 4.78 is 5.88. The zero-order chi connectivity index (χ0) is 15.5. The first-order valence-corrected chi connectivity index (χ1v) is 8.86. The van der Waals surface area contributed by atoms with Gasteiger partial charge < -0.3 is 9.64 Å². The van der Waals surface area contributed by atoms with E-state index in [0.29, 0.717) is 6.61 Å². The van der Waals surface area contributed by atoms with Crippen molar-refractivity contribution in [3.8, 4) is 5.75 Å². The quantitative estimate of drug-likeness (QED) is 0.817. The predicted molar refractivity (Wildman–Crippen MR) is 93.6 cm³/mol. The maximum absolute atomic E-state index is 5.88. The van der Waals surface area contributed by atoms with E-state index in [1.54, 1.807) is 0 Å². The van der Waals surface area contributed by atoms with E-state index in [-0.39, 0.29) is 0 Å². The van der Waals surface area contributed by atoms with Crippen LogP contribution in [-0.2, 0) is 13.0 Å². The highest BCUT2D eigenvalue weighted by atomic mass is 16.5. The fraction of sp³-hybridized carbons (Fsp3) is 0.429. The van der Waals surface area contributed by atoms with Crippen LogP contribution in [0, 0.1) is 5.92 Å². The van der Waals surface area contributed by atoms with Gasteiger partial charge in [-0.2, -0.15) is 0 Å². The normalized spacial score (nSPS) is 26.2. The highest BCUT2D eigenvalue weighted by Crippen LogP contribution is 2.33. The molecular formula is C21H25NO. The summed E-state index contributed by atoms with van der Waals surface area (Å²) >= 11 is 0. The number of hydrogen-bond donors (Lipinski definition) is 0. The lowest BCUT2D eigenvalue weighted by Gasteiger charge is -2.45. The Morgan fingerprint density at radius 2 is 1.61 bits per heavy atom. The van der Waals surface area contributed by atoms with Crippen LogP contribution in [0.15, 0.2) is 54.6 Å². The zero-order valence-corrected chi connectivity index (χ0v) is 13.7. The van der Waals surface area contributed by atoms with E-state index in [1.807, 2.05) is 6.07 Å². The molecule has 3 heterocycles. The lowest BCUT2D eigenvalue weighted by atomic mass is 9.81. The lowest BCUT2D eigenvalue weighted by Crippen LogP contribution is -2.49. The maximum atomic E-state index is 5.88. The van der Waals surface area contributed by atoms with Crippen LogP contribution in [0.3, 0.4) is 0 Å². The summed E-state index contributed by atoms with van der Waals surface area (Å²) in [6, 6.07) is 19.8. The number of hydrogen-bond acceptors (Lipinski definition) is 2. The molecule has 0 spiro atoms. The topological polar surface area (TPSA) is 12.5 Å². The van der Waals surface area contributed by atoms with Crippen molar-refractivity contribution < 1.29 is 4.74 Å². The van der Waals surface area contributed by atoms with E-state index in [0.717, 1.165) is 17.7 Å². The second-order valence-electron chi connectivity index (χ2n) is 6.99. The fourth-order valence-electron chi connectivity index (χ4n) is 4.03. The minimum atomic E-state index is 0.637. The van der Waals surface area contributed by atoms with Crippen molar-refractivity contribution in [2.45, 2.75) is 38.3 Å². The molecule has 3 aliphatic rings. The molecular weight excluding hydrogens is 282 g/mol. The molecule has 5 rings (SSSR count). The molecule has 3 fully saturated rings. The molecule has 120 valence electrons. The largest absolute Gasteiger partial charge is 0.489 e. The number of piperidine rings is 3. The van der Waals surface area contributed by atoms with Crippen LogP contribution in [0.1, 0.15) is 30.4 Å². The van der Waals surface area contributed by atoms with Crippen molar-refractivity contribution in [3.63, 3.8) is 0 Å². The van der Waals surface area contributed by atoms with Crippen LogP contribution >= 0.6 is 0 Å². The molecule has 1 atom stereocenters. The van der Waals surface area contributed by atoms with Gasteiger partial charge in [0.05, 0.1) is 0 Å². The first-order chi connectivity index (χ1) is 11.4. The molecule has 2 nitrogen and oxygen atoms in total. The highest BCUT2D eigenvalue weighted by Gasteiger charge is 2.33. The molecule has 0 saturated carbocycles. The van der Waals surface area contributed by atoms with Crippen molar-refractivity contribution in [2.24, 2.45) is 5.92 Å². The summed E-state index contributed by atoms with van der Waals surface area (Å²) in [6.45, 7) is 3.26. The summed E-state index contributed by atoms with van der Waals surface area (Å²) in [6.07, 6.45) is 5.42.